The molecule has 0 spiro atoms. The van der Waals surface area contributed by atoms with E-state index in [-0.39, 0.29) is 18.7 Å². The van der Waals surface area contributed by atoms with E-state index in [0.717, 1.165) is 5.56 Å². The number of hydrogen-bond acceptors (Lipinski definition) is 6. The molecule has 0 saturated heterocycles. The highest BCUT2D eigenvalue weighted by molar-refractivity contribution is 5.89. The summed E-state index contributed by atoms with van der Waals surface area (Å²) in [7, 11) is 0. The summed E-state index contributed by atoms with van der Waals surface area (Å²) in [5.74, 6) is -4.19. The summed E-state index contributed by atoms with van der Waals surface area (Å²) in [6.45, 7) is -0.837. The van der Waals surface area contributed by atoms with Crippen LogP contribution in [-0.4, -0.2) is 37.0 Å². The number of Topliss-reactive ketones (excluding diaryl/α,β-unsaturated/α-hetero) is 1. The van der Waals surface area contributed by atoms with E-state index in [1.165, 1.54) is 0 Å². The number of carbonyl (C=O) groups is 3. The number of carbonyl (C=O) groups excluding carboxylic acids is 3. The Morgan fingerprint density at radius 3 is 2.18 bits per heavy atom. The van der Waals surface area contributed by atoms with Crippen LogP contribution >= 0.6 is 0 Å². The molecule has 22 heavy (non-hydrogen) atoms. The van der Waals surface area contributed by atoms with Crippen molar-refractivity contribution < 1.29 is 32.3 Å². The van der Waals surface area contributed by atoms with E-state index in [0.29, 0.717) is 0 Å². The van der Waals surface area contributed by atoms with Gasteiger partial charge in [0.2, 0.25) is 0 Å². The van der Waals surface area contributed by atoms with Gasteiger partial charge in [0, 0.05) is 6.42 Å². The standard InChI is InChI=1S/C13H13F3N2O4/c14-13(15,16)12(21)22-11(20)8-18-17-7-10(19)6-9-4-2-1-3-5-9/h1-5,17-18H,6-8H2. The van der Waals surface area contributed by atoms with Crippen LogP contribution in [0, 0.1) is 0 Å². The number of esters is 2. The van der Waals surface area contributed by atoms with Gasteiger partial charge in [-0.1, -0.05) is 30.3 Å². The van der Waals surface area contributed by atoms with Crippen molar-refractivity contribution in [1.29, 1.82) is 0 Å². The highest BCUT2D eigenvalue weighted by Crippen LogP contribution is 2.16. The number of halogens is 3. The predicted molar refractivity (Wildman–Crippen MR) is 68.3 cm³/mol. The Bertz CT molecular complexity index is 532. The lowest BCUT2D eigenvalue weighted by Gasteiger charge is -2.07. The second-order valence-corrected chi connectivity index (χ2v) is 4.17. The Morgan fingerprint density at radius 1 is 1.00 bits per heavy atom. The Balaban J connectivity index is 2.18. The second-order valence-electron chi connectivity index (χ2n) is 4.17. The first-order valence-corrected chi connectivity index (χ1v) is 6.12. The zero-order valence-corrected chi connectivity index (χ0v) is 11.3. The third-order valence-corrected chi connectivity index (χ3v) is 2.33. The maximum atomic E-state index is 11.8. The van der Waals surface area contributed by atoms with Gasteiger partial charge in [-0.2, -0.15) is 13.2 Å². The van der Waals surface area contributed by atoms with Crippen molar-refractivity contribution >= 4 is 17.7 Å². The molecule has 0 atom stereocenters. The largest absolute Gasteiger partial charge is 0.491 e. The van der Waals surface area contributed by atoms with E-state index in [2.05, 4.69) is 15.6 Å². The minimum Gasteiger partial charge on any atom is -0.385 e. The molecule has 0 aromatic heterocycles. The SMILES string of the molecule is O=C(CNNCC(=O)OC(=O)C(F)(F)F)Cc1ccccc1. The number of rotatable bonds is 7. The maximum absolute atomic E-state index is 11.8. The topological polar surface area (TPSA) is 84.5 Å². The van der Waals surface area contributed by atoms with Gasteiger partial charge < -0.3 is 4.74 Å². The maximum Gasteiger partial charge on any atom is 0.491 e. The van der Waals surface area contributed by atoms with E-state index >= 15 is 0 Å². The molecule has 0 fully saturated rings. The Morgan fingerprint density at radius 2 is 1.59 bits per heavy atom. The lowest BCUT2D eigenvalue weighted by molar-refractivity contribution is -0.201. The van der Waals surface area contributed by atoms with Crippen LogP contribution in [0.2, 0.25) is 0 Å². The molecule has 120 valence electrons. The summed E-state index contributed by atoms with van der Waals surface area (Å²) in [5, 5.41) is 0. The van der Waals surface area contributed by atoms with Gasteiger partial charge in [-0.3, -0.25) is 9.59 Å². The minimum atomic E-state index is -5.23. The van der Waals surface area contributed by atoms with E-state index in [9.17, 15) is 27.6 Å². The number of ether oxygens (including phenoxy) is 1. The van der Waals surface area contributed by atoms with Gasteiger partial charge in [-0.15, -0.1) is 0 Å². The van der Waals surface area contributed by atoms with Gasteiger partial charge in [0.1, 0.15) is 6.54 Å². The van der Waals surface area contributed by atoms with Crippen molar-refractivity contribution in [3.05, 3.63) is 35.9 Å². The molecule has 1 aromatic carbocycles. The van der Waals surface area contributed by atoms with Crippen molar-refractivity contribution in [2.45, 2.75) is 12.6 Å². The fourth-order valence-electron chi connectivity index (χ4n) is 1.38. The summed E-state index contributed by atoms with van der Waals surface area (Å²) >= 11 is 0. The number of benzene rings is 1. The molecule has 0 unspecified atom stereocenters. The number of hydrogen-bond donors (Lipinski definition) is 2. The van der Waals surface area contributed by atoms with Crippen molar-refractivity contribution in [1.82, 2.24) is 10.9 Å². The zero-order valence-electron chi connectivity index (χ0n) is 11.3. The number of alkyl halides is 3. The van der Waals surface area contributed by atoms with Crippen molar-refractivity contribution in [3.8, 4) is 0 Å². The Hall–Kier alpha value is -2.26. The predicted octanol–water partition coefficient (Wildman–Crippen LogP) is 0.524. The second kappa shape index (κ2) is 8.25. The average molecular weight is 318 g/mol. The highest BCUT2D eigenvalue weighted by atomic mass is 19.4. The first-order valence-electron chi connectivity index (χ1n) is 6.12. The zero-order chi connectivity index (χ0) is 16.6. The third-order valence-electron chi connectivity index (χ3n) is 2.33. The van der Waals surface area contributed by atoms with Crippen LogP contribution in [0.25, 0.3) is 0 Å². The molecule has 9 heteroatoms. The Kier molecular flexibility index (Phi) is 6.67. The lowest BCUT2D eigenvalue weighted by atomic mass is 10.1. The molecule has 0 aliphatic rings. The number of nitrogens with one attached hydrogen (secondary N) is 2. The van der Waals surface area contributed by atoms with E-state index in [4.69, 9.17) is 0 Å². The van der Waals surface area contributed by atoms with Crippen molar-refractivity contribution in [2.75, 3.05) is 13.1 Å². The molecule has 0 amide bonds. The van der Waals surface area contributed by atoms with Crippen LogP contribution in [0.1, 0.15) is 5.56 Å². The van der Waals surface area contributed by atoms with Crippen LogP contribution in [0.3, 0.4) is 0 Å². The number of ketones is 1. The van der Waals surface area contributed by atoms with Crippen molar-refractivity contribution in [2.24, 2.45) is 0 Å². The molecule has 0 radical (unpaired) electrons. The van der Waals surface area contributed by atoms with Gasteiger partial charge in [0.05, 0.1) is 6.54 Å². The summed E-state index contributed by atoms with van der Waals surface area (Å²) in [4.78, 5) is 32.8. The summed E-state index contributed by atoms with van der Waals surface area (Å²) in [5.41, 5.74) is 5.36. The molecule has 2 N–H and O–H groups in total. The molecule has 1 rings (SSSR count). The molecule has 0 aliphatic heterocycles. The van der Waals surface area contributed by atoms with Crippen molar-refractivity contribution in [3.63, 3.8) is 0 Å². The lowest BCUT2D eigenvalue weighted by Crippen LogP contribution is -2.41. The van der Waals surface area contributed by atoms with Crippen LogP contribution in [0.5, 0.6) is 0 Å². The summed E-state index contributed by atoms with van der Waals surface area (Å²) in [6.07, 6.45) is -5.05. The Labute approximate surface area is 123 Å². The van der Waals surface area contributed by atoms with Crippen LogP contribution in [0.4, 0.5) is 13.2 Å². The molecule has 0 aliphatic carbocycles. The molecule has 0 saturated carbocycles. The van der Waals surface area contributed by atoms with Gasteiger partial charge in [0.25, 0.3) is 0 Å². The molecular weight excluding hydrogens is 305 g/mol. The normalized spacial score (nSPS) is 11.0. The molecule has 0 bridgehead atoms. The third kappa shape index (κ3) is 6.95. The minimum absolute atomic E-state index is 0.143. The molecule has 6 nitrogen and oxygen atoms in total. The quantitative estimate of drug-likeness (QED) is 0.330. The monoisotopic (exact) mass is 318 g/mol. The summed E-state index contributed by atoms with van der Waals surface area (Å²) < 4.78 is 38.9. The van der Waals surface area contributed by atoms with Crippen LogP contribution in [-0.2, 0) is 25.5 Å². The van der Waals surface area contributed by atoms with E-state index < -0.39 is 24.7 Å². The fraction of sp³-hybridized carbons (Fsp3) is 0.308. The van der Waals surface area contributed by atoms with Crippen LogP contribution in [0.15, 0.2) is 30.3 Å². The fourth-order valence-corrected chi connectivity index (χ4v) is 1.38. The van der Waals surface area contributed by atoms with Gasteiger partial charge in [0.15, 0.2) is 5.78 Å². The van der Waals surface area contributed by atoms with Gasteiger partial charge >= 0.3 is 18.1 Å². The van der Waals surface area contributed by atoms with Gasteiger partial charge in [-0.05, 0) is 5.56 Å². The summed E-state index contributed by atoms with van der Waals surface area (Å²) in [6, 6.07) is 8.91. The van der Waals surface area contributed by atoms with E-state index in [1.807, 2.05) is 6.07 Å². The molecule has 0 heterocycles. The first-order chi connectivity index (χ1) is 10.3. The number of hydrazine groups is 1. The molecule has 1 aromatic rings. The first kappa shape index (κ1) is 17.8. The average Bonchev–Trinajstić information content (AvgIpc) is 2.43. The smallest absolute Gasteiger partial charge is 0.385 e. The van der Waals surface area contributed by atoms with E-state index in [1.54, 1.807) is 24.3 Å². The highest BCUT2D eigenvalue weighted by Gasteiger charge is 2.42. The van der Waals surface area contributed by atoms with Crippen LogP contribution < -0.4 is 10.9 Å². The molecular formula is C13H13F3N2O4. The van der Waals surface area contributed by atoms with Gasteiger partial charge in [-0.25, -0.2) is 15.6 Å².